The van der Waals surface area contributed by atoms with Crippen LogP contribution in [0.15, 0.2) is 42.6 Å². The van der Waals surface area contributed by atoms with Crippen LogP contribution in [0.25, 0.3) is 0 Å². The number of piperidine rings is 1. The van der Waals surface area contributed by atoms with Crippen LogP contribution >= 0.6 is 23.2 Å². The molecule has 0 bridgehead atoms. The summed E-state index contributed by atoms with van der Waals surface area (Å²) >= 11 is 12.7. The predicted molar refractivity (Wildman–Crippen MR) is 152 cm³/mol. The Hall–Kier alpha value is -3.21. The summed E-state index contributed by atoms with van der Waals surface area (Å²) in [6.45, 7) is 1.47. The average Bonchev–Trinajstić information content (AvgIpc) is 2.87. The summed E-state index contributed by atoms with van der Waals surface area (Å²) in [5.41, 5.74) is 3.48. The highest BCUT2D eigenvalue weighted by Crippen LogP contribution is 2.38. The van der Waals surface area contributed by atoms with Gasteiger partial charge in [0.2, 0.25) is 5.95 Å². The lowest BCUT2D eigenvalue weighted by atomic mass is 10.0. The summed E-state index contributed by atoms with van der Waals surface area (Å²) in [6, 6.07) is 10.9. The molecule has 0 saturated carbocycles. The molecule has 1 saturated heterocycles. The van der Waals surface area contributed by atoms with E-state index >= 15 is 0 Å². The Balaban J connectivity index is 1.39. The molecule has 2 aromatic carbocycles. The number of benzene rings is 2. The van der Waals surface area contributed by atoms with Crippen LogP contribution < -0.4 is 20.0 Å². The van der Waals surface area contributed by atoms with Gasteiger partial charge in [-0.1, -0.05) is 29.3 Å². The van der Waals surface area contributed by atoms with E-state index in [-0.39, 0.29) is 25.4 Å². The number of aromatic nitrogens is 2. The quantitative estimate of drug-likeness (QED) is 0.393. The van der Waals surface area contributed by atoms with Crippen molar-refractivity contribution in [2.75, 3.05) is 60.9 Å². The van der Waals surface area contributed by atoms with Gasteiger partial charge in [-0.05, 0) is 50.0 Å². The average molecular weight is 576 g/mol. The number of anilines is 5. The van der Waals surface area contributed by atoms with Crippen LogP contribution in [0.5, 0.6) is 0 Å². The predicted octanol–water partition coefficient (Wildman–Crippen LogP) is 5.88. The van der Waals surface area contributed by atoms with Gasteiger partial charge in [0.15, 0.2) is 0 Å². The molecule has 1 N–H and O–H groups in total. The molecule has 0 spiro atoms. The van der Waals surface area contributed by atoms with Crippen molar-refractivity contribution in [2.45, 2.75) is 25.3 Å². The third-order valence-corrected chi connectivity index (χ3v) is 7.43. The first-order chi connectivity index (χ1) is 18.5. The van der Waals surface area contributed by atoms with Crippen LogP contribution in [0.1, 0.15) is 28.8 Å². The van der Waals surface area contributed by atoms with Crippen LogP contribution in [0.4, 0.5) is 37.6 Å². The van der Waals surface area contributed by atoms with Crippen molar-refractivity contribution in [3.63, 3.8) is 0 Å². The van der Waals surface area contributed by atoms with Crippen LogP contribution in [0.3, 0.4) is 0 Å². The van der Waals surface area contributed by atoms with E-state index < -0.39 is 5.92 Å². The monoisotopic (exact) mass is 575 g/mol. The van der Waals surface area contributed by atoms with Crippen molar-refractivity contribution in [3.8, 4) is 0 Å². The molecular weight excluding hydrogens is 547 g/mol. The first kappa shape index (κ1) is 27.4. The number of nitrogens with one attached hydrogen (secondary N) is 1. The number of nitrogens with zero attached hydrogens (tertiary/aromatic N) is 6. The minimum Gasteiger partial charge on any atom is -0.371 e. The summed E-state index contributed by atoms with van der Waals surface area (Å²) in [4.78, 5) is 29.7. The second-order valence-electron chi connectivity index (χ2n) is 10.1. The molecule has 39 heavy (non-hydrogen) atoms. The van der Waals surface area contributed by atoms with Gasteiger partial charge in [0.05, 0.1) is 22.4 Å². The first-order valence-electron chi connectivity index (χ1n) is 12.5. The fraction of sp³-hybridized carbons (Fsp3) is 0.370. The highest BCUT2D eigenvalue weighted by atomic mass is 35.5. The second kappa shape index (κ2) is 10.7. The third-order valence-electron chi connectivity index (χ3n) is 6.82. The van der Waals surface area contributed by atoms with E-state index in [4.69, 9.17) is 23.2 Å². The van der Waals surface area contributed by atoms with Gasteiger partial charge >= 0.3 is 0 Å². The second-order valence-corrected chi connectivity index (χ2v) is 10.9. The van der Waals surface area contributed by atoms with E-state index in [0.29, 0.717) is 52.7 Å². The highest BCUT2D eigenvalue weighted by Gasteiger charge is 2.35. The van der Waals surface area contributed by atoms with Gasteiger partial charge in [-0.25, -0.2) is 13.8 Å². The number of para-hydroxylation sites is 1. The molecule has 12 heteroatoms. The Morgan fingerprint density at radius 3 is 2.46 bits per heavy atom. The smallest absolute Gasteiger partial charge is 0.265 e. The van der Waals surface area contributed by atoms with Crippen molar-refractivity contribution in [2.24, 2.45) is 0 Å². The van der Waals surface area contributed by atoms with Gasteiger partial charge in [-0.3, -0.25) is 9.69 Å². The molecule has 0 radical (unpaired) electrons. The standard InChI is InChI=1S/C27H29Cl2F2N7O/c1-35(2)15-17-13-18(7-8-22(17)37-11-9-27(30,31)10-12-37)33-26-32-14-19-24(34-26)36(3)16-38(25(19)39)23-20(28)5-4-6-21(23)29/h4-8,13-14H,9-12,15-16H2,1-3H3,(H,32,33,34). The Kier molecular flexibility index (Phi) is 7.54. The maximum Gasteiger partial charge on any atom is 0.265 e. The summed E-state index contributed by atoms with van der Waals surface area (Å²) < 4.78 is 27.5. The number of amides is 1. The van der Waals surface area contributed by atoms with Crippen LogP contribution in [0, 0.1) is 0 Å². The number of hydrogen-bond donors (Lipinski definition) is 1. The maximum atomic E-state index is 13.7. The lowest BCUT2D eigenvalue weighted by Gasteiger charge is -2.35. The van der Waals surface area contributed by atoms with E-state index in [1.807, 2.05) is 54.0 Å². The molecule has 0 unspecified atom stereocenters. The molecule has 1 fully saturated rings. The zero-order chi connectivity index (χ0) is 27.9. The number of alkyl halides is 2. The lowest BCUT2D eigenvalue weighted by molar-refractivity contribution is -0.0220. The SMILES string of the molecule is CN(C)Cc1cc(Nc2ncc3c(n2)N(C)CN(c2c(Cl)cccc2Cl)C3=O)ccc1N1CCC(F)(F)CC1. The fourth-order valence-electron chi connectivity index (χ4n) is 4.93. The molecule has 3 heterocycles. The topological polar surface area (TPSA) is 67.8 Å². The molecule has 1 aromatic heterocycles. The molecule has 5 rings (SSSR count). The Morgan fingerprint density at radius 1 is 1.10 bits per heavy atom. The molecule has 206 valence electrons. The van der Waals surface area contributed by atoms with E-state index in [9.17, 15) is 13.6 Å². The van der Waals surface area contributed by atoms with Crippen LogP contribution in [-0.2, 0) is 6.54 Å². The number of carbonyl (C=O) groups is 1. The van der Waals surface area contributed by atoms with Gasteiger partial charge in [0.1, 0.15) is 11.4 Å². The largest absolute Gasteiger partial charge is 0.371 e. The van der Waals surface area contributed by atoms with Gasteiger partial charge in [0.25, 0.3) is 11.8 Å². The van der Waals surface area contributed by atoms with E-state index in [1.54, 1.807) is 18.2 Å². The third kappa shape index (κ3) is 5.73. The zero-order valence-electron chi connectivity index (χ0n) is 21.9. The normalized spacial score (nSPS) is 17.0. The number of fused-ring (bicyclic) bond motifs is 1. The molecule has 8 nitrogen and oxygen atoms in total. The van der Waals surface area contributed by atoms with Crippen LogP contribution in [-0.4, -0.2) is 67.6 Å². The van der Waals surface area contributed by atoms with Crippen molar-refractivity contribution >= 4 is 57.9 Å². The molecule has 3 aromatic rings. The van der Waals surface area contributed by atoms with E-state index in [1.165, 1.54) is 11.1 Å². The van der Waals surface area contributed by atoms with Crippen molar-refractivity contribution in [1.29, 1.82) is 0 Å². The van der Waals surface area contributed by atoms with Crippen molar-refractivity contribution < 1.29 is 13.6 Å². The van der Waals surface area contributed by atoms with Crippen molar-refractivity contribution in [3.05, 3.63) is 63.8 Å². The van der Waals surface area contributed by atoms with Gasteiger partial charge in [-0.2, -0.15) is 4.98 Å². The first-order valence-corrected chi connectivity index (χ1v) is 13.3. The zero-order valence-corrected chi connectivity index (χ0v) is 23.4. The number of rotatable bonds is 6. The highest BCUT2D eigenvalue weighted by molar-refractivity contribution is 6.40. The molecule has 2 aliphatic rings. The minimum absolute atomic E-state index is 0.149. The van der Waals surface area contributed by atoms with Crippen molar-refractivity contribution in [1.82, 2.24) is 14.9 Å². The van der Waals surface area contributed by atoms with Gasteiger partial charge < -0.3 is 20.0 Å². The molecule has 1 amide bonds. The number of halogens is 4. The Morgan fingerprint density at radius 2 is 1.79 bits per heavy atom. The van der Waals surface area contributed by atoms with Crippen LogP contribution in [0.2, 0.25) is 10.0 Å². The molecule has 2 aliphatic heterocycles. The molecule has 0 aliphatic carbocycles. The Bertz CT molecular complexity index is 1370. The van der Waals surface area contributed by atoms with E-state index in [0.717, 1.165) is 16.9 Å². The Labute approximate surface area is 236 Å². The maximum absolute atomic E-state index is 13.7. The molecule has 0 atom stereocenters. The fourth-order valence-corrected chi connectivity index (χ4v) is 5.53. The van der Waals surface area contributed by atoms with Gasteiger partial charge in [0, 0.05) is 57.1 Å². The summed E-state index contributed by atoms with van der Waals surface area (Å²) in [5, 5.41) is 3.99. The summed E-state index contributed by atoms with van der Waals surface area (Å²) in [7, 11) is 5.76. The summed E-state index contributed by atoms with van der Waals surface area (Å²) in [6.07, 6.45) is 1.19. The minimum atomic E-state index is -2.60. The lowest BCUT2D eigenvalue weighted by Crippen LogP contribution is -2.46. The molecular formula is C27H29Cl2F2N7O. The number of hydrogen-bond acceptors (Lipinski definition) is 7. The number of carbonyl (C=O) groups excluding carboxylic acids is 1. The van der Waals surface area contributed by atoms with E-state index in [2.05, 4.69) is 15.3 Å². The summed E-state index contributed by atoms with van der Waals surface area (Å²) in [5.74, 6) is -2.08. The van der Waals surface area contributed by atoms with Gasteiger partial charge in [-0.15, -0.1) is 0 Å².